The van der Waals surface area contributed by atoms with Gasteiger partial charge < -0.3 is 4.74 Å². The maximum Gasteiger partial charge on any atom is 0.225 e. The van der Waals surface area contributed by atoms with Gasteiger partial charge in [-0.25, -0.2) is 0 Å². The maximum absolute atomic E-state index is 6.05. The van der Waals surface area contributed by atoms with Crippen LogP contribution in [0.3, 0.4) is 0 Å². The minimum atomic E-state index is -0.0575. The summed E-state index contributed by atoms with van der Waals surface area (Å²) in [6.07, 6.45) is 1.09. The van der Waals surface area contributed by atoms with E-state index in [1.807, 2.05) is 4.57 Å². The molecule has 0 saturated heterocycles. The summed E-state index contributed by atoms with van der Waals surface area (Å²) in [5, 5.41) is 8.51. The molecule has 0 bridgehead atoms. The largest absolute Gasteiger partial charge is 0.380 e. The van der Waals surface area contributed by atoms with E-state index in [1.54, 1.807) is 0 Å². The van der Waals surface area contributed by atoms with E-state index in [1.165, 1.54) is 0 Å². The van der Waals surface area contributed by atoms with Gasteiger partial charge in [0.2, 0.25) is 5.28 Å². The number of rotatable bonds is 6. The summed E-state index contributed by atoms with van der Waals surface area (Å²) in [7, 11) is 0. The Morgan fingerprint density at radius 3 is 2.44 bits per heavy atom. The molecule has 0 unspecified atom stereocenters. The van der Waals surface area contributed by atoms with Crippen LogP contribution in [0.2, 0.25) is 5.28 Å². The number of ether oxygens (including phenoxy) is 1. The van der Waals surface area contributed by atoms with Crippen molar-refractivity contribution >= 4 is 11.6 Å². The Labute approximate surface area is 115 Å². The summed E-state index contributed by atoms with van der Waals surface area (Å²) in [5.74, 6) is 1.58. The molecule has 0 spiro atoms. The summed E-state index contributed by atoms with van der Waals surface area (Å²) in [4.78, 5) is 0. The van der Waals surface area contributed by atoms with E-state index < -0.39 is 0 Å². The first-order valence-electron chi connectivity index (χ1n) is 6.49. The molecular weight excluding hydrogens is 250 g/mol. The van der Waals surface area contributed by atoms with Crippen LogP contribution in [0.15, 0.2) is 0 Å². The molecule has 0 aliphatic heterocycles. The van der Waals surface area contributed by atoms with Gasteiger partial charge in [0.15, 0.2) is 0 Å². The first-order valence-corrected chi connectivity index (χ1v) is 6.87. The average Bonchev–Trinajstić information content (AvgIpc) is 2.59. The van der Waals surface area contributed by atoms with Crippen molar-refractivity contribution in [2.75, 3.05) is 13.2 Å². The molecule has 0 aliphatic rings. The third-order valence-electron chi connectivity index (χ3n) is 2.68. The predicted molar refractivity (Wildman–Crippen MR) is 74.0 cm³/mol. The molecule has 0 amide bonds. The number of aromatic nitrogens is 3. The zero-order chi connectivity index (χ0) is 13.8. The van der Waals surface area contributed by atoms with Crippen molar-refractivity contribution in [1.82, 2.24) is 14.8 Å². The fourth-order valence-corrected chi connectivity index (χ4v) is 1.82. The van der Waals surface area contributed by atoms with Crippen LogP contribution in [0.5, 0.6) is 0 Å². The molecule has 0 atom stereocenters. The Kier molecular flexibility index (Phi) is 5.60. The second-order valence-electron chi connectivity index (χ2n) is 5.99. The van der Waals surface area contributed by atoms with Crippen LogP contribution < -0.4 is 0 Å². The minimum Gasteiger partial charge on any atom is -0.380 e. The molecule has 0 saturated carbocycles. The number of hydrogen-bond donors (Lipinski definition) is 0. The summed E-state index contributed by atoms with van der Waals surface area (Å²) in [5.41, 5.74) is -0.0575. The Morgan fingerprint density at radius 2 is 1.89 bits per heavy atom. The van der Waals surface area contributed by atoms with Crippen LogP contribution in [0.1, 0.15) is 46.9 Å². The zero-order valence-electron chi connectivity index (χ0n) is 12.0. The topological polar surface area (TPSA) is 39.9 Å². The van der Waals surface area contributed by atoms with Crippen LogP contribution in [-0.2, 0) is 16.7 Å². The molecule has 0 radical (unpaired) electrons. The van der Waals surface area contributed by atoms with E-state index in [2.05, 4.69) is 44.8 Å². The van der Waals surface area contributed by atoms with Crippen molar-refractivity contribution in [2.24, 2.45) is 5.92 Å². The lowest BCUT2D eigenvalue weighted by atomic mass is 9.96. The van der Waals surface area contributed by atoms with Gasteiger partial charge in [0.1, 0.15) is 5.82 Å². The van der Waals surface area contributed by atoms with Crippen LogP contribution in [0.4, 0.5) is 0 Å². The first kappa shape index (κ1) is 15.4. The molecule has 104 valence electrons. The molecule has 1 heterocycles. The molecule has 1 aromatic heterocycles. The summed E-state index contributed by atoms with van der Waals surface area (Å²) >= 11 is 6.05. The smallest absolute Gasteiger partial charge is 0.225 e. The lowest BCUT2D eigenvalue weighted by Crippen LogP contribution is -2.21. The van der Waals surface area contributed by atoms with E-state index >= 15 is 0 Å². The zero-order valence-corrected chi connectivity index (χ0v) is 12.8. The molecule has 0 aliphatic carbocycles. The van der Waals surface area contributed by atoms with Crippen LogP contribution in [0.25, 0.3) is 0 Å². The van der Waals surface area contributed by atoms with Crippen LogP contribution in [0, 0.1) is 5.92 Å². The highest BCUT2D eigenvalue weighted by molar-refractivity contribution is 6.28. The van der Waals surface area contributed by atoms with Crippen molar-refractivity contribution in [3.8, 4) is 0 Å². The molecular formula is C13H24ClN3O. The standard InChI is InChI=1S/C13H24ClN3O/c1-10(2)6-8-18-9-7-17-11(13(3,4)5)15-16-12(17)14/h10H,6-9H2,1-5H3. The molecule has 1 rings (SSSR count). The second kappa shape index (κ2) is 6.53. The third kappa shape index (κ3) is 4.58. The fraction of sp³-hybridized carbons (Fsp3) is 0.846. The SMILES string of the molecule is CC(C)CCOCCn1c(Cl)nnc1C(C)(C)C. The summed E-state index contributed by atoms with van der Waals surface area (Å²) < 4.78 is 7.53. The molecule has 0 aromatic carbocycles. The summed E-state index contributed by atoms with van der Waals surface area (Å²) in [6, 6.07) is 0. The lowest BCUT2D eigenvalue weighted by Gasteiger charge is -2.19. The quantitative estimate of drug-likeness (QED) is 0.747. The van der Waals surface area contributed by atoms with E-state index in [0.29, 0.717) is 24.4 Å². The molecule has 0 N–H and O–H groups in total. The van der Waals surface area contributed by atoms with Crippen LogP contribution in [-0.4, -0.2) is 28.0 Å². The van der Waals surface area contributed by atoms with Crippen molar-refractivity contribution in [1.29, 1.82) is 0 Å². The van der Waals surface area contributed by atoms with Gasteiger partial charge in [-0.1, -0.05) is 34.6 Å². The highest BCUT2D eigenvalue weighted by Crippen LogP contribution is 2.22. The highest BCUT2D eigenvalue weighted by atomic mass is 35.5. The number of nitrogens with zero attached hydrogens (tertiary/aromatic N) is 3. The van der Waals surface area contributed by atoms with Gasteiger partial charge in [0.05, 0.1) is 13.2 Å². The highest BCUT2D eigenvalue weighted by Gasteiger charge is 2.22. The first-order chi connectivity index (χ1) is 8.32. The normalized spacial score (nSPS) is 12.4. The molecule has 1 aromatic rings. The Morgan fingerprint density at radius 1 is 1.22 bits per heavy atom. The minimum absolute atomic E-state index is 0.0575. The number of hydrogen-bond acceptors (Lipinski definition) is 3. The van der Waals surface area contributed by atoms with Gasteiger partial charge >= 0.3 is 0 Å². The van der Waals surface area contributed by atoms with Gasteiger partial charge in [0, 0.05) is 12.0 Å². The maximum atomic E-state index is 6.05. The second-order valence-corrected chi connectivity index (χ2v) is 6.33. The fourth-order valence-electron chi connectivity index (χ4n) is 1.61. The van der Waals surface area contributed by atoms with E-state index in [9.17, 15) is 0 Å². The number of halogens is 1. The van der Waals surface area contributed by atoms with Gasteiger partial charge in [-0.2, -0.15) is 0 Å². The van der Waals surface area contributed by atoms with Crippen LogP contribution >= 0.6 is 11.6 Å². The predicted octanol–water partition coefficient (Wildman–Crippen LogP) is 3.29. The lowest BCUT2D eigenvalue weighted by molar-refractivity contribution is 0.115. The van der Waals surface area contributed by atoms with Gasteiger partial charge in [-0.3, -0.25) is 4.57 Å². The van der Waals surface area contributed by atoms with Crippen molar-refractivity contribution in [2.45, 2.75) is 53.0 Å². The Bertz CT molecular complexity index is 369. The Balaban J connectivity index is 2.49. The molecule has 4 nitrogen and oxygen atoms in total. The van der Waals surface area contributed by atoms with Crippen molar-refractivity contribution in [3.05, 3.63) is 11.1 Å². The monoisotopic (exact) mass is 273 g/mol. The molecule has 18 heavy (non-hydrogen) atoms. The van der Waals surface area contributed by atoms with Gasteiger partial charge in [-0.05, 0) is 23.9 Å². The Hall–Kier alpha value is -0.610. The molecule has 5 heteroatoms. The third-order valence-corrected chi connectivity index (χ3v) is 2.95. The van der Waals surface area contributed by atoms with Crippen molar-refractivity contribution < 1.29 is 4.74 Å². The van der Waals surface area contributed by atoms with E-state index in [4.69, 9.17) is 16.3 Å². The van der Waals surface area contributed by atoms with E-state index in [-0.39, 0.29) is 5.41 Å². The van der Waals surface area contributed by atoms with Gasteiger partial charge in [-0.15, -0.1) is 10.2 Å². The molecule has 0 fully saturated rings. The van der Waals surface area contributed by atoms with Crippen molar-refractivity contribution in [3.63, 3.8) is 0 Å². The average molecular weight is 274 g/mol. The summed E-state index contributed by atoms with van der Waals surface area (Å²) in [6.45, 7) is 12.8. The van der Waals surface area contributed by atoms with Gasteiger partial charge in [0.25, 0.3) is 0 Å². The van der Waals surface area contributed by atoms with E-state index in [0.717, 1.165) is 18.9 Å².